The molecule has 19 heavy (non-hydrogen) atoms. The summed E-state index contributed by atoms with van der Waals surface area (Å²) >= 11 is 1.35. The molecule has 0 heterocycles. The smallest absolute Gasteiger partial charge is 0.243 e. The van der Waals surface area contributed by atoms with Gasteiger partial charge < -0.3 is 5.11 Å². The van der Waals surface area contributed by atoms with Gasteiger partial charge in [-0.25, -0.2) is 17.5 Å². The minimum Gasteiger partial charge on any atom is -0.395 e. The summed E-state index contributed by atoms with van der Waals surface area (Å²) in [7, 11) is -3.93. The Kier molecular flexibility index (Phi) is 5.79. The quantitative estimate of drug-likeness (QED) is 0.836. The van der Waals surface area contributed by atoms with Crippen molar-refractivity contribution >= 4 is 21.8 Å². The Bertz CT molecular complexity index is 530. The number of hydrogen-bond acceptors (Lipinski definition) is 4. The van der Waals surface area contributed by atoms with Gasteiger partial charge >= 0.3 is 0 Å². The van der Waals surface area contributed by atoms with E-state index in [0.29, 0.717) is 5.56 Å². The minimum atomic E-state index is -3.93. The monoisotopic (exact) mass is 307 g/mol. The van der Waals surface area contributed by atoms with Gasteiger partial charge in [0.05, 0.1) is 6.61 Å². The molecule has 4 nitrogen and oxygen atoms in total. The summed E-state index contributed by atoms with van der Waals surface area (Å²) in [6.07, 6.45) is 1.78. The zero-order valence-corrected chi connectivity index (χ0v) is 12.7. The average Bonchev–Trinajstić information content (AvgIpc) is 2.33. The van der Waals surface area contributed by atoms with Crippen LogP contribution in [-0.4, -0.2) is 37.7 Å². The summed E-state index contributed by atoms with van der Waals surface area (Å²) in [5.74, 6) is -0.782. The number of thioether (sulfide) groups is 1. The normalized spacial score (nSPS) is 15.2. The van der Waals surface area contributed by atoms with E-state index in [1.807, 2.05) is 0 Å². The number of aryl methyl sites for hydroxylation is 1. The molecule has 0 aromatic heterocycles. The summed E-state index contributed by atoms with van der Waals surface area (Å²) < 4.78 is 40.2. The van der Waals surface area contributed by atoms with Gasteiger partial charge in [-0.1, -0.05) is 6.07 Å². The van der Waals surface area contributed by atoms with Gasteiger partial charge in [0.15, 0.2) is 0 Å². The van der Waals surface area contributed by atoms with Gasteiger partial charge in [-0.15, -0.1) is 0 Å². The largest absolute Gasteiger partial charge is 0.395 e. The molecule has 0 radical (unpaired) electrons. The maximum absolute atomic E-state index is 13.6. The molecular formula is C12H18FNO3S2. The van der Waals surface area contributed by atoms with Crippen LogP contribution >= 0.6 is 11.8 Å². The van der Waals surface area contributed by atoms with E-state index in [1.165, 1.54) is 23.9 Å². The van der Waals surface area contributed by atoms with E-state index in [0.717, 1.165) is 6.07 Å². The summed E-state index contributed by atoms with van der Waals surface area (Å²) in [5, 5.41) is 8.86. The standard InChI is InChI=1S/C12H18FNO3S2/c1-8-4-5-10(13)12(6-8)19(16,17)14-9(2)11(7-15)18-3/h4-6,9,11,14-15H,7H2,1-3H3. The number of aliphatic hydroxyl groups is 1. The molecule has 0 saturated carbocycles. The third-order valence-corrected chi connectivity index (χ3v) is 5.49. The number of halogens is 1. The molecule has 108 valence electrons. The van der Waals surface area contributed by atoms with Crippen molar-refractivity contribution in [2.24, 2.45) is 0 Å². The van der Waals surface area contributed by atoms with Crippen LogP contribution in [0.4, 0.5) is 4.39 Å². The molecule has 2 unspecified atom stereocenters. The summed E-state index contributed by atoms with van der Waals surface area (Å²) in [4.78, 5) is -0.364. The highest BCUT2D eigenvalue weighted by Crippen LogP contribution is 2.18. The van der Waals surface area contributed by atoms with Crippen LogP contribution in [0.2, 0.25) is 0 Å². The summed E-state index contributed by atoms with van der Waals surface area (Å²) in [5.41, 5.74) is 0.665. The second-order valence-corrected chi connectivity index (χ2v) is 7.06. The highest BCUT2D eigenvalue weighted by atomic mass is 32.2. The lowest BCUT2D eigenvalue weighted by molar-refractivity contribution is 0.282. The third kappa shape index (κ3) is 4.17. The van der Waals surface area contributed by atoms with Crippen molar-refractivity contribution in [3.63, 3.8) is 0 Å². The lowest BCUT2D eigenvalue weighted by Gasteiger charge is -2.21. The average molecular weight is 307 g/mol. The Morgan fingerprint density at radius 1 is 1.47 bits per heavy atom. The van der Waals surface area contributed by atoms with Crippen LogP contribution in [0, 0.1) is 12.7 Å². The highest BCUT2D eigenvalue weighted by Gasteiger charge is 2.25. The Balaban J connectivity index is 3.01. The number of aliphatic hydroxyl groups excluding tert-OH is 1. The van der Waals surface area contributed by atoms with Gasteiger partial charge in [0.2, 0.25) is 10.0 Å². The molecule has 0 aliphatic carbocycles. The van der Waals surface area contributed by atoms with Crippen LogP contribution in [0.5, 0.6) is 0 Å². The molecule has 0 saturated heterocycles. The van der Waals surface area contributed by atoms with E-state index < -0.39 is 21.9 Å². The fraction of sp³-hybridized carbons (Fsp3) is 0.500. The van der Waals surface area contributed by atoms with E-state index in [2.05, 4.69) is 4.72 Å². The number of rotatable bonds is 6. The van der Waals surface area contributed by atoms with Crippen LogP contribution < -0.4 is 4.72 Å². The fourth-order valence-corrected chi connectivity index (χ4v) is 3.80. The molecule has 2 atom stereocenters. The van der Waals surface area contributed by atoms with Gasteiger partial charge in [0.1, 0.15) is 10.7 Å². The predicted molar refractivity (Wildman–Crippen MR) is 75.3 cm³/mol. The van der Waals surface area contributed by atoms with Crippen molar-refractivity contribution in [2.75, 3.05) is 12.9 Å². The summed E-state index contributed by atoms with van der Waals surface area (Å²) in [6, 6.07) is 3.44. The van der Waals surface area contributed by atoms with Crippen molar-refractivity contribution < 1.29 is 17.9 Å². The van der Waals surface area contributed by atoms with Gasteiger partial charge in [-0.2, -0.15) is 11.8 Å². The lowest BCUT2D eigenvalue weighted by atomic mass is 10.2. The first-order chi connectivity index (χ1) is 8.81. The van der Waals surface area contributed by atoms with E-state index in [-0.39, 0.29) is 16.8 Å². The number of nitrogens with one attached hydrogen (secondary N) is 1. The molecule has 1 aromatic rings. The minimum absolute atomic E-state index is 0.152. The molecule has 7 heteroatoms. The van der Waals surface area contributed by atoms with Crippen LogP contribution in [0.3, 0.4) is 0 Å². The van der Waals surface area contributed by atoms with Gasteiger partial charge in [0, 0.05) is 11.3 Å². The van der Waals surface area contributed by atoms with Crippen LogP contribution in [-0.2, 0) is 10.0 Å². The number of sulfonamides is 1. The third-order valence-electron chi connectivity index (χ3n) is 2.76. The zero-order chi connectivity index (χ0) is 14.6. The molecule has 0 amide bonds. The first kappa shape index (κ1) is 16.4. The Labute approximate surface area is 117 Å². The second kappa shape index (κ2) is 6.69. The van der Waals surface area contributed by atoms with Gasteiger partial charge in [0.25, 0.3) is 0 Å². The molecular weight excluding hydrogens is 289 g/mol. The van der Waals surface area contributed by atoms with Crippen LogP contribution in [0.15, 0.2) is 23.1 Å². The lowest BCUT2D eigenvalue weighted by Crippen LogP contribution is -2.41. The first-order valence-electron chi connectivity index (χ1n) is 5.74. The molecule has 1 rings (SSSR count). The van der Waals surface area contributed by atoms with Crippen molar-refractivity contribution in [1.82, 2.24) is 4.72 Å². The summed E-state index contributed by atoms with van der Waals surface area (Å²) in [6.45, 7) is 3.18. The maximum atomic E-state index is 13.6. The maximum Gasteiger partial charge on any atom is 0.243 e. The molecule has 0 fully saturated rings. The van der Waals surface area contributed by atoms with Gasteiger partial charge in [-0.3, -0.25) is 0 Å². The SMILES string of the molecule is CSC(CO)C(C)NS(=O)(=O)c1cc(C)ccc1F. The Morgan fingerprint density at radius 2 is 2.11 bits per heavy atom. The number of benzene rings is 1. The van der Waals surface area contributed by atoms with Crippen molar-refractivity contribution in [2.45, 2.75) is 30.0 Å². The second-order valence-electron chi connectivity index (χ2n) is 4.30. The van der Waals surface area contributed by atoms with Crippen molar-refractivity contribution in [1.29, 1.82) is 0 Å². The molecule has 0 bridgehead atoms. The molecule has 0 aliphatic rings. The number of hydrogen-bond donors (Lipinski definition) is 2. The topological polar surface area (TPSA) is 66.4 Å². The van der Waals surface area contributed by atoms with Crippen molar-refractivity contribution in [3.8, 4) is 0 Å². The van der Waals surface area contributed by atoms with E-state index in [4.69, 9.17) is 5.11 Å². The van der Waals surface area contributed by atoms with Crippen LogP contribution in [0.25, 0.3) is 0 Å². The molecule has 2 N–H and O–H groups in total. The van der Waals surface area contributed by atoms with E-state index in [1.54, 1.807) is 20.1 Å². The predicted octanol–water partition coefficient (Wildman–Crippen LogP) is 1.52. The Hall–Kier alpha value is -0.630. The first-order valence-corrected chi connectivity index (χ1v) is 8.51. The van der Waals surface area contributed by atoms with E-state index in [9.17, 15) is 12.8 Å². The van der Waals surface area contributed by atoms with Gasteiger partial charge in [-0.05, 0) is 37.8 Å². The molecule has 0 spiro atoms. The highest BCUT2D eigenvalue weighted by molar-refractivity contribution is 7.99. The molecule has 0 aliphatic heterocycles. The van der Waals surface area contributed by atoms with E-state index >= 15 is 0 Å². The van der Waals surface area contributed by atoms with Crippen molar-refractivity contribution in [3.05, 3.63) is 29.6 Å². The molecule has 1 aromatic carbocycles. The Morgan fingerprint density at radius 3 is 2.63 bits per heavy atom. The fourth-order valence-electron chi connectivity index (χ4n) is 1.64. The van der Waals surface area contributed by atoms with Crippen LogP contribution in [0.1, 0.15) is 12.5 Å². The zero-order valence-electron chi connectivity index (χ0n) is 11.1.